The highest BCUT2D eigenvalue weighted by molar-refractivity contribution is 7.89. The Bertz CT molecular complexity index is 1320. The number of sulfonamides is 1. The van der Waals surface area contributed by atoms with Gasteiger partial charge in [0.2, 0.25) is 10.0 Å². The molecule has 1 fully saturated rings. The zero-order valence-electron chi connectivity index (χ0n) is 17.7. The third-order valence-corrected chi connectivity index (χ3v) is 8.25. The van der Waals surface area contributed by atoms with Crippen LogP contribution in [0.4, 0.5) is 0 Å². The van der Waals surface area contributed by atoms with Gasteiger partial charge in [0, 0.05) is 25.7 Å². The van der Waals surface area contributed by atoms with Gasteiger partial charge in [0.15, 0.2) is 11.7 Å². The summed E-state index contributed by atoms with van der Waals surface area (Å²) >= 11 is 6.26. The summed E-state index contributed by atoms with van der Waals surface area (Å²) in [7, 11) is -2.10. The van der Waals surface area contributed by atoms with Crippen LogP contribution in [0, 0.1) is 11.3 Å². The van der Waals surface area contributed by atoms with Crippen LogP contribution in [0.5, 0.6) is 0 Å². The molecule has 0 unspecified atom stereocenters. The first kappa shape index (κ1) is 22.5. The van der Waals surface area contributed by atoms with E-state index in [2.05, 4.69) is 4.98 Å². The van der Waals surface area contributed by atoms with Crippen LogP contribution in [0.15, 0.2) is 47.4 Å². The summed E-state index contributed by atoms with van der Waals surface area (Å²) in [6.45, 7) is 0.856. The molecule has 0 amide bonds. The molecule has 2 aromatic carbocycles. The highest BCUT2D eigenvalue weighted by Gasteiger charge is 2.31. The molecule has 1 saturated heterocycles. The molecule has 0 N–H and O–H groups in total. The highest BCUT2D eigenvalue weighted by Crippen LogP contribution is 2.30. The maximum absolute atomic E-state index is 13.3. The third kappa shape index (κ3) is 4.04. The largest absolute Gasteiger partial charge is 0.330 e. The van der Waals surface area contributed by atoms with Crippen molar-refractivity contribution in [2.45, 2.75) is 36.5 Å². The standard InChI is InChI=1S/C23H23ClN4O3S/c1-27-20-9-5-4-8-19(20)26-23(27)17(15-25)22(29)16-10-11-18(24)21(14-16)32(30,31)28-12-6-2-3-7-13-28/h4-5,8-11,14,17H,2-3,6-7,12-13H2,1H3/t17-/m0/s1. The molecular formula is C23H23ClN4O3S. The highest BCUT2D eigenvalue weighted by atomic mass is 35.5. The SMILES string of the molecule is Cn1c([C@@H](C#N)C(=O)c2ccc(Cl)c(S(=O)(=O)N3CCCCCC3)c2)nc2ccccc21. The Hall–Kier alpha value is -2.73. The molecule has 1 aliphatic heterocycles. The molecule has 4 rings (SSSR count). The first-order valence-corrected chi connectivity index (χ1v) is 12.3. The number of nitriles is 1. The lowest BCUT2D eigenvalue weighted by Crippen LogP contribution is -2.32. The van der Waals surface area contributed by atoms with Crippen molar-refractivity contribution in [1.29, 1.82) is 5.26 Å². The van der Waals surface area contributed by atoms with Gasteiger partial charge in [0.25, 0.3) is 0 Å². The number of halogens is 1. The smallest absolute Gasteiger partial charge is 0.244 e. The van der Waals surface area contributed by atoms with E-state index >= 15 is 0 Å². The number of aryl methyl sites for hydroxylation is 1. The number of carbonyl (C=O) groups excluding carboxylic acids is 1. The van der Waals surface area contributed by atoms with E-state index in [4.69, 9.17) is 11.6 Å². The van der Waals surface area contributed by atoms with Gasteiger partial charge in [-0.1, -0.05) is 36.6 Å². The van der Waals surface area contributed by atoms with Gasteiger partial charge in [-0.2, -0.15) is 9.57 Å². The molecule has 0 aliphatic carbocycles. The average Bonchev–Trinajstić information content (AvgIpc) is 2.96. The molecule has 1 atom stereocenters. The first-order chi connectivity index (χ1) is 15.3. The quantitative estimate of drug-likeness (QED) is 0.518. The van der Waals surface area contributed by atoms with Crippen LogP contribution < -0.4 is 0 Å². The van der Waals surface area contributed by atoms with Gasteiger partial charge < -0.3 is 4.57 Å². The van der Waals surface area contributed by atoms with Crippen molar-refractivity contribution in [3.8, 4) is 6.07 Å². The number of imidazole rings is 1. The summed E-state index contributed by atoms with van der Waals surface area (Å²) < 4.78 is 29.7. The van der Waals surface area contributed by atoms with Crippen molar-refractivity contribution in [3.63, 3.8) is 0 Å². The Labute approximate surface area is 192 Å². The van der Waals surface area contributed by atoms with Crippen LogP contribution >= 0.6 is 11.6 Å². The molecule has 1 aromatic heterocycles. The van der Waals surface area contributed by atoms with Crippen LogP contribution in [0.25, 0.3) is 11.0 Å². The molecule has 0 spiro atoms. The summed E-state index contributed by atoms with van der Waals surface area (Å²) in [6.07, 6.45) is 3.55. The molecular weight excluding hydrogens is 448 g/mol. The topological polar surface area (TPSA) is 96.1 Å². The molecule has 0 bridgehead atoms. The van der Waals surface area contributed by atoms with Crippen molar-refractivity contribution in [2.75, 3.05) is 13.1 Å². The van der Waals surface area contributed by atoms with Crippen LogP contribution in [-0.4, -0.2) is 41.1 Å². The van der Waals surface area contributed by atoms with Crippen LogP contribution in [-0.2, 0) is 17.1 Å². The number of rotatable bonds is 5. The predicted octanol–water partition coefficient (Wildman–Crippen LogP) is 4.28. The lowest BCUT2D eigenvalue weighted by Gasteiger charge is -2.21. The fraction of sp³-hybridized carbons (Fsp3) is 0.348. The molecule has 2 heterocycles. The minimum Gasteiger partial charge on any atom is -0.330 e. The maximum atomic E-state index is 13.3. The van der Waals surface area contributed by atoms with E-state index in [-0.39, 0.29) is 15.5 Å². The lowest BCUT2D eigenvalue weighted by atomic mass is 9.98. The van der Waals surface area contributed by atoms with Crippen molar-refractivity contribution in [2.24, 2.45) is 7.05 Å². The van der Waals surface area contributed by atoms with Gasteiger partial charge in [-0.3, -0.25) is 4.79 Å². The van der Waals surface area contributed by atoms with Gasteiger partial charge in [-0.15, -0.1) is 0 Å². The van der Waals surface area contributed by atoms with Crippen molar-refractivity contribution < 1.29 is 13.2 Å². The van der Waals surface area contributed by atoms with Gasteiger partial charge >= 0.3 is 0 Å². The summed E-state index contributed by atoms with van der Waals surface area (Å²) in [6, 6.07) is 13.6. The fourth-order valence-corrected chi connectivity index (χ4v) is 6.12. The monoisotopic (exact) mass is 470 g/mol. The molecule has 0 saturated carbocycles. The summed E-state index contributed by atoms with van der Waals surface area (Å²) in [5.41, 5.74) is 1.59. The van der Waals surface area contributed by atoms with Crippen LogP contribution in [0.3, 0.4) is 0 Å². The lowest BCUT2D eigenvalue weighted by molar-refractivity contribution is 0.0975. The Morgan fingerprint density at radius 2 is 1.81 bits per heavy atom. The number of fused-ring (bicyclic) bond motifs is 1. The third-order valence-electron chi connectivity index (χ3n) is 5.87. The number of hydrogen-bond donors (Lipinski definition) is 0. The van der Waals surface area contributed by atoms with E-state index in [0.29, 0.717) is 24.4 Å². The summed E-state index contributed by atoms with van der Waals surface area (Å²) in [4.78, 5) is 17.7. The zero-order valence-corrected chi connectivity index (χ0v) is 19.2. The molecule has 3 aromatic rings. The fourth-order valence-electron chi connectivity index (χ4n) is 4.10. The molecule has 166 valence electrons. The van der Waals surface area contributed by atoms with Crippen molar-refractivity contribution in [1.82, 2.24) is 13.9 Å². The summed E-state index contributed by atoms with van der Waals surface area (Å²) in [5, 5.41) is 9.86. The van der Waals surface area contributed by atoms with Gasteiger partial charge in [0.05, 0.1) is 22.1 Å². The number of Topliss-reactive ketones (excluding diaryl/α,β-unsaturated/α-hetero) is 1. The normalized spacial score (nSPS) is 16.4. The second kappa shape index (κ2) is 9.02. The van der Waals surface area contributed by atoms with E-state index in [0.717, 1.165) is 31.2 Å². The van der Waals surface area contributed by atoms with E-state index in [9.17, 15) is 18.5 Å². The number of carbonyl (C=O) groups is 1. The maximum Gasteiger partial charge on any atom is 0.244 e. The average molecular weight is 471 g/mol. The number of para-hydroxylation sites is 2. The molecule has 0 radical (unpaired) electrons. The molecule has 7 nitrogen and oxygen atoms in total. The number of aromatic nitrogens is 2. The minimum atomic E-state index is -3.85. The Morgan fingerprint density at radius 3 is 2.47 bits per heavy atom. The van der Waals surface area contributed by atoms with E-state index in [1.807, 2.05) is 30.3 Å². The number of ketones is 1. The van der Waals surface area contributed by atoms with Gasteiger partial charge in [-0.25, -0.2) is 13.4 Å². The Balaban J connectivity index is 1.72. The number of nitrogens with zero attached hydrogens (tertiary/aromatic N) is 4. The number of benzene rings is 2. The second-order valence-electron chi connectivity index (χ2n) is 7.91. The zero-order chi connectivity index (χ0) is 22.9. The Kier molecular flexibility index (Phi) is 6.33. The first-order valence-electron chi connectivity index (χ1n) is 10.5. The molecule has 1 aliphatic rings. The molecule has 9 heteroatoms. The predicted molar refractivity (Wildman–Crippen MR) is 122 cm³/mol. The minimum absolute atomic E-state index is 0.0574. The van der Waals surface area contributed by atoms with Crippen molar-refractivity contribution >= 4 is 38.4 Å². The summed E-state index contributed by atoms with van der Waals surface area (Å²) in [5.74, 6) is -1.39. The van der Waals surface area contributed by atoms with Crippen molar-refractivity contribution in [3.05, 3.63) is 58.9 Å². The van der Waals surface area contributed by atoms with Crippen LogP contribution in [0.2, 0.25) is 5.02 Å². The van der Waals surface area contributed by atoms with Crippen LogP contribution in [0.1, 0.15) is 47.8 Å². The number of hydrogen-bond acceptors (Lipinski definition) is 5. The van der Waals surface area contributed by atoms with E-state index < -0.39 is 21.7 Å². The van der Waals surface area contributed by atoms with E-state index in [1.54, 1.807) is 11.6 Å². The van der Waals surface area contributed by atoms with E-state index in [1.165, 1.54) is 22.5 Å². The van der Waals surface area contributed by atoms with Gasteiger partial charge in [0.1, 0.15) is 10.7 Å². The van der Waals surface area contributed by atoms with Gasteiger partial charge in [-0.05, 0) is 43.2 Å². The second-order valence-corrected chi connectivity index (χ2v) is 10.2. The Morgan fingerprint density at radius 1 is 1.12 bits per heavy atom. The molecule has 32 heavy (non-hydrogen) atoms.